The molecule has 3 rings (SSSR count). The fourth-order valence-corrected chi connectivity index (χ4v) is 3.14. The van der Waals surface area contributed by atoms with Crippen molar-refractivity contribution in [3.63, 3.8) is 0 Å². The van der Waals surface area contributed by atoms with Crippen LogP contribution in [-0.2, 0) is 9.84 Å². The highest BCUT2D eigenvalue weighted by molar-refractivity contribution is 7.92. The summed E-state index contributed by atoms with van der Waals surface area (Å²) >= 11 is 0. The first-order chi connectivity index (χ1) is 11.9. The maximum atomic E-state index is 12.2. The molecule has 1 aromatic carbocycles. The summed E-state index contributed by atoms with van der Waals surface area (Å²) in [5.41, 5.74) is 1.64. The molecule has 0 aliphatic carbocycles. The minimum atomic E-state index is -3.32. The molecule has 7 nitrogen and oxygen atoms in total. The summed E-state index contributed by atoms with van der Waals surface area (Å²) in [5, 5.41) is 7.02. The van der Waals surface area contributed by atoms with E-state index in [4.69, 9.17) is 10.8 Å². The van der Waals surface area contributed by atoms with Crippen LogP contribution in [0.5, 0.6) is 0 Å². The second-order valence-corrected chi connectivity index (χ2v) is 7.97. The van der Waals surface area contributed by atoms with Crippen molar-refractivity contribution in [2.24, 2.45) is 0 Å². The van der Waals surface area contributed by atoms with Crippen LogP contribution in [0.25, 0.3) is 22.8 Å². The smallest absolute Gasteiger partial charge is 0.293 e. The van der Waals surface area contributed by atoms with Crippen LogP contribution in [0.3, 0.4) is 0 Å². The van der Waals surface area contributed by atoms with Crippen LogP contribution in [0.1, 0.15) is 19.7 Å². The van der Waals surface area contributed by atoms with Crippen molar-refractivity contribution in [3.05, 3.63) is 42.5 Å². The fourth-order valence-electron chi connectivity index (χ4n) is 2.08. The number of aromatic nitrogens is 4. The van der Waals surface area contributed by atoms with E-state index in [0.717, 1.165) is 0 Å². The molecule has 0 atom stereocenters. The Labute approximate surface area is 145 Å². The SMILES string of the molecule is C#Cc1nnc(-c2cncc(-c3ccc(S(=O)(=O)C(C)C)cc3)n2)o1. The van der Waals surface area contributed by atoms with Crippen LogP contribution in [0.4, 0.5) is 0 Å². The summed E-state index contributed by atoms with van der Waals surface area (Å²) in [6, 6.07) is 6.48. The third kappa shape index (κ3) is 3.27. The Bertz CT molecular complexity index is 1050. The molecule has 0 unspecified atom stereocenters. The maximum absolute atomic E-state index is 12.2. The lowest BCUT2D eigenvalue weighted by atomic mass is 10.1. The van der Waals surface area contributed by atoms with Crippen LogP contribution < -0.4 is 0 Å². The van der Waals surface area contributed by atoms with Crippen LogP contribution in [0, 0.1) is 12.3 Å². The van der Waals surface area contributed by atoms with Crippen molar-refractivity contribution in [1.82, 2.24) is 20.2 Å². The highest BCUT2D eigenvalue weighted by atomic mass is 32.2. The second kappa shape index (κ2) is 6.45. The van der Waals surface area contributed by atoms with Crippen molar-refractivity contribution < 1.29 is 12.8 Å². The van der Waals surface area contributed by atoms with Crippen LogP contribution in [-0.4, -0.2) is 33.8 Å². The average Bonchev–Trinajstić information content (AvgIpc) is 3.11. The first-order valence-electron chi connectivity index (χ1n) is 7.38. The highest BCUT2D eigenvalue weighted by Gasteiger charge is 2.19. The van der Waals surface area contributed by atoms with Gasteiger partial charge in [-0.05, 0) is 31.9 Å². The largest absolute Gasteiger partial charge is 0.408 e. The standard InChI is InChI=1S/C17H14N4O3S/c1-4-16-20-21-17(24-16)15-10-18-9-14(19-15)12-5-7-13(8-6-12)25(22,23)11(2)3/h1,5-11H,2-3H3. The predicted molar refractivity (Wildman–Crippen MR) is 91.0 cm³/mol. The van der Waals surface area contributed by atoms with Gasteiger partial charge in [-0.1, -0.05) is 17.2 Å². The van der Waals surface area contributed by atoms with Crippen molar-refractivity contribution in [1.29, 1.82) is 0 Å². The molecule has 0 amide bonds. The molecule has 0 fully saturated rings. The highest BCUT2D eigenvalue weighted by Crippen LogP contribution is 2.23. The summed E-state index contributed by atoms with van der Waals surface area (Å²) in [5.74, 6) is 2.48. The topological polar surface area (TPSA) is 98.8 Å². The lowest BCUT2D eigenvalue weighted by Gasteiger charge is -2.08. The molecule has 0 saturated carbocycles. The summed E-state index contributed by atoms with van der Waals surface area (Å²) in [6.07, 6.45) is 8.25. The number of hydrogen-bond donors (Lipinski definition) is 0. The lowest BCUT2D eigenvalue weighted by molar-refractivity contribution is 0.552. The molecular formula is C17H14N4O3S. The van der Waals surface area contributed by atoms with Gasteiger partial charge in [0.15, 0.2) is 9.84 Å². The maximum Gasteiger partial charge on any atom is 0.293 e. The summed E-state index contributed by atoms with van der Waals surface area (Å²) in [6.45, 7) is 3.29. The molecule has 0 aliphatic heterocycles. The molecule has 2 aromatic heterocycles. The van der Waals surface area contributed by atoms with E-state index in [0.29, 0.717) is 17.0 Å². The van der Waals surface area contributed by atoms with Crippen molar-refractivity contribution >= 4 is 9.84 Å². The second-order valence-electron chi connectivity index (χ2n) is 5.46. The van der Waals surface area contributed by atoms with E-state index < -0.39 is 15.1 Å². The molecular weight excluding hydrogens is 340 g/mol. The third-order valence-corrected chi connectivity index (χ3v) is 5.67. The molecule has 3 aromatic rings. The van der Waals surface area contributed by atoms with E-state index in [1.54, 1.807) is 44.3 Å². The Kier molecular flexibility index (Phi) is 4.33. The Morgan fingerprint density at radius 2 is 1.76 bits per heavy atom. The van der Waals surface area contributed by atoms with Gasteiger partial charge < -0.3 is 4.42 Å². The summed E-state index contributed by atoms with van der Waals surface area (Å²) < 4.78 is 29.6. The minimum absolute atomic E-state index is 0.0606. The van der Waals surface area contributed by atoms with E-state index >= 15 is 0 Å². The van der Waals surface area contributed by atoms with Gasteiger partial charge in [0.05, 0.1) is 28.2 Å². The molecule has 126 valence electrons. The number of rotatable bonds is 4. The van der Waals surface area contributed by atoms with Crippen molar-refractivity contribution in [2.45, 2.75) is 24.0 Å². The van der Waals surface area contributed by atoms with Gasteiger partial charge in [0.1, 0.15) is 5.69 Å². The van der Waals surface area contributed by atoms with E-state index in [-0.39, 0.29) is 16.7 Å². The summed E-state index contributed by atoms with van der Waals surface area (Å²) in [4.78, 5) is 8.79. The molecule has 0 N–H and O–H groups in total. The molecule has 0 saturated heterocycles. The summed E-state index contributed by atoms with van der Waals surface area (Å²) in [7, 11) is -3.32. The van der Waals surface area contributed by atoms with Gasteiger partial charge in [0.25, 0.3) is 11.8 Å². The quantitative estimate of drug-likeness (QED) is 0.663. The predicted octanol–water partition coefficient (Wildman–Crippen LogP) is 2.36. The van der Waals surface area contributed by atoms with E-state index in [1.807, 2.05) is 0 Å². The number of hydrogen-bond acceptors (Lipinski definition) is 7. The first kappa shape index (κ1) is 16.8. The molecule has 0 radical (unpaired) electrons. The number of terminal acetylenes is 1. The Balaban J connectivity index is 1.95. The van der Waals surface area contributed by atoms with E-state index in [2.05, 4.69) is 26.1 Å². The Hall–Kier alpha value is -3.05. The van der Waals surface area contributed by atoms with Gasteiger partial charge in [-0.2, -0.15) is 0 Å². The number of sulfone groups is 1. The molecule has 0 bridgehead atoms. The molecule has 0 aliphatic rings. The Morgan fingerprint density at radius 1 is 1.08 bits per heavy atom. The van der Waals surface area contributed by atoms with Gasteiger partial charge in [-0.15, -0.1) is 11.5 Å². The molecule has 8 heteroatoms. The lowest BCUT2D eigenvalue weighted by Crippen LogP contribution is -2.13. The van der Waals surface area contributed by atoms with Crippen molar-refractivity contribution in [3.8, 4) is 35.2 Å². The van der Waals surface area contributed by atoms with Crippen LogP contribution in [0.15, 0.2) is 46.0 Å². The van der Waals surface area contributed by atoms with Crippen molar-refractivity contribution in [2.75, 3.05) is 0 Å². The van der Waals surface area contributed by atoms with Gasteiger partial charge in [0, 0.05) is 5.56 Å². The number of nitrogens with zero attached hydrogens (tertiary/aromatic N) is 4. The minimum Gasteiger partial charge on any atom is -0.408 e. The molecule has 25 heavy (non-hydrogen) atoms. The molecule has 2 heterocycles. The van der Waals surface area contributed by atoms with Gasteiger partial charge >= 0.3 is 0 Å². The van der Waals surface area contributed by atoms with Gasteiger partial charge in [-0.25, -0.2) is 13.4 Å². The number of benzene rings is 1. The monoisotopic (exact) mass is 354 g/mol. The zero-order valence-electron chi connectivity index (χ0n) is 13.5. The average molecular weight is 354 g/mol. The fraction of sp³-hybridized carbons (Fsp3) is 0.176. The zero-order chi connectivity index (χ0) is 18.0. The third-order valence-electron chi connectivity index (χ3n) is 3.50. The normalized spacial score (nSPS) is 11.4. The van der Waals surface area contributed by atoms with E-state index in [1.165, 1.54) is 6.20 Å². The van der Waals surface area contributed by atoms with Gasteiger partial charge in [0.2, 0.25) is 0 Å². The zero-order valence-corrected chi connectivity index (χ0v) is 14.4. The molecule has 0 spiro atoms. The van der Waals surface area contributed by atoms with Crippen LogP contribution >= 0.6 is 0 Å². The first-order valence-corrected chi connectivity index (χ1v) is 8.93. The van der Waals surface area contributed by atoms with E-state index in [9.17, 15) is 8.42 Å². The Morgan fingerprint density at radius 3 is 2.36 bits per heavy atom. The van der Waals surface area contributed by atoms with Crippen LogP contribution in [0.2, 0.25) is 0 Å². The van der Waals surface area contributed by atoms with Gasteiger partial charge in [-0.3, -0.25) is 4.98 Å².